The Kier molecular flexibility index (Phi) is 6.70. The lowest BCUT2D eigenvalue weighted by Gasteiger charge is -2.10. The zero-order valence-electron chi connectivity index (χ0n) is 7.67. The molecule has 0 aliphatic rings. The minimum Gasteiger partial charge on any atom is -0.469 e. The highest BCUT2D eigenvalue weighted by Gasteiger charge is 2.02. The Morgan fingerprint density at radius 3 is 2.83 bits per heavy atom. The predicted octanol–water partition coefficient (Wildman–Crippen LogP) is -0.0900. The van der Waals surface area contributed by atoms with Gasteiger partial charge in [-0.3, -0.25) is 4.79 Å². The Balaban J connectivity index is 3.24. The smallest absolute Gasteiger partial charge is 0.306 e. The van der Waals surface area contributed by atoms with Crippen molar-refractivity contribution in [1.29, 1.82) is 0 Å². The molecule has 0 aromatic carbocycles. The van der Waals surface area contributed by atoms with E-state index in [0.717, 1.165) is 0 Å². The average molecular weight is 175 g/mol. The van der Waals surface area contributed by atoms with Crippen molar-refractivity contribution < 1.29 is 14.6 Å². The second kappa shape index (κ2) is 7.06. The highest BCUT2D eigenvalue weighted by molar-refractivity contribution is 5.69. The van der Waals surface area contributed by atoms with E-state index in [4.69, 9.17) is 5.11 Å². The fourth-order valence-corrected chi connectivity index (χ4v) is 0.818. The molecule has 2 N–H and O–H groups in total. The molecule has 4 nitrogen and oxygen atoms in total. The van der Waals surface area contributed by atoms with Crippen LogP contribution in [-0.2, 0) is 9.53 Å². The predicted molar refractivity (Wildman–Crippen MR) is 45.8 cm³/mol. The van der Waals surface area contributed by atoms with E-state index >= 15 is 0 Å². The minimum absolute atomic E-state index is 0.173. The van der Waals surface area contributed by atoms with Gasteiger partial charge in [-0.05, 0) is 13.3 Å². The lowest BCUT2D eigenvalue weighted by molar-refractivity contribution is -0.140. The first-order chi connectivity index (χ1) is 5.70. The summed E-state index contributed by atoms with van der Waals surface area (Å²) in [5.74, 6) is -0.210. The van der Waals surface area contributed by atoms with Gasteiger partial charge in [0.05, 0.1) is 13.5 Å². The number of aliphatic hydroxyl groups is 1. The van der Waals surface area contributed by atoms with Crippen molar-refractivity contribution in [3.05, 3.63) is 0 Å². The van der Waals surface area contributed by atoms with Crippen molar-refractivity contribution in [3.8, 4) is 0 Å². The van der Waals surface area contributed by atoms with Crippen molar-refractivity contribution in [2.45, 2.75) is 25.8 Å². The van der Waals surface area contributed by atoms with Crippen LogP contribution in [-0.4, -0.2) is 37.4 Å². The van der Waals surface area contributed by atoms with Crippen molar-refractivity contribution >= 4 is 5.97 Å². The maximum atomic E-state index is 10.6. The molecule has 0 aromatic heterocycles. The lowest BCUT2D eigenvalue weighted by atomic mass is 10.2. The molecule has 0 saturated carbocycles. The second-order valence-corrected chi connectivity index (χ2v) is 2.69. The van der Waals surface area contributed by atoms with Gasteiger partial charge in [0.1, 0.15) is 0 Å². The van der Waals surface area contributed by atoms with Crippen molar-refractivity contribution in [3.63, 3.8) is 0 Å². The third-order valence-corrected chi connectivity index (χ3v) is 1.61. The zero-order chi connectivity index (χ0) is 9.40. The molecule has 0 rings (SSSR count). The lowest BCUT2D eigenvalue weighted by Crippen LogP contribution is -2.29. The van der Waals surface area contributed by atoms with Crippen LogP contribution in [0.5, 0.6) is 0 Å². The van der Waals surface area contributed by atoms with Crippen LogP contribution < -0.4 is 5.32 Å². The number of carbonyl (C=O) groups is 1. The van der Waals surface area contributed by atoms with Crippen molar-refractivity contribution in [1.82, 2.24) is 5.32 Å². The van der Waals surface area contributed by atoms with Crippen LogP contribution in [0.2, 0.25) is 0 Å². The van der Waals surface area contributed by atoms with E-state index in [1.807, 2.05) is 6.92 Å². The molecular weight excluding hydrogens is 158 g/mol. The summed E-state index contributed by atoms with van der Waals surface area (Å²) in [5.41, 5.74) is 0. The van der Waals surface area contributed by atoms with Gasteiger partial charge >= 0.3 is 5.97 Å². The molecule has 0 amide bonds. The van der Waals surface area contributed by atoms with Crippen LogP contribution in [0.1, 0.15) is 19.8 Å². The third kappa shape index (κ3) is 6.12. The highest BCUT2D eigenvalue weighted by Crippen LogP contribution is 1.89. The van der Waals surface area contributed by atoms with Crippen LogP contribution in [0, 0.1) is 0 Å². The zero-order valence-corrected chi connectivity index (χ0v) is 7.67. The van der Waals surface area contributed by atoms with Gasteiger partial charge in [-0.25, -0.2) is 0 Å². The second-order valence-electron chi connectivity index (χ2n) is 2.69. The molecule has 1 unspecified atom stereocenters. The molecule has 4 heteroatoms. The number of esters is 1. The number of hydrogen-bond acceptors (Lipinski definition) is 4. The fourth-order valence-electron chi connectivity index (χ4n) is 0.818. The van der Waals surface area contributed by atoms with E-state index in [1.54, 1.807) is 0 Å². The fraction of sp³-hybridized carbons (Fsp3) is 0.875. The van der Waals surface area contributed by atoms with E-state index < -0.39 is 0 Å². The van der Waals surface area contributed by atoms with Gasteiger partial charge in [0, 0.05) is 19.2 Å². The molecule has 0 radical (unpaired) electrons. The van der Waals surface area contributed by atoms with Crippen molar-refractivity contribution in [2.75, 3.05) is 20.3 Å². The maximum Gasteiger partial charge on any atom is 0.306 e. The average Bonchev–Trinajstić information content (AvgIpc) is 2.04. The number of hydrogen-bond donors (Lipinski definition) is 2. The molecule has 0 aromatic rings. The standard InChI is InChI=1S/C8H17NO3/c1-7(4-6-10)9-5-3-8(11)12-2/h7,9-10H,3-6H2,1-2H3. The summed E-state index contributed by atoms with van der Waals surface area (Å²) in [4.78, 5) is 10.6. The van der Waals surface area contributed by atoms with Gasteiger partial charge in [-0.1, -0.05) is 0 Å². The van der Waals surface area contributed by atoms with Gasteiger partial charge < -0.3 is 15.2 Å². The summed E-state index contributed by atoms with van der Waals surface area (Å²) in [6.07, 6.45) is 1.09. The number of rotatable bonds is 6. The highest BCUT2D eigenvalue weighted by atomic mass is 16.5. The Bertz CT molecular complexity index is 127. The normalized spacial score (nSPS) is 12.6. The van der Waals surface area contributed by atoms with E-state index in [-0.39, 0.29) is 18.6 Å². The van der Waals surface area contributed by atoms with Crippen LogP contribution in [0.25, 0.3) is 0 Å². The molecule has 0 bridgehead atoms. The monoisotopic (exact) mass is 175 g/mol. The number of aliphatic hydroxyl groups excluding tert-OH is 1. The van der Waals surface area contributed by atoms with Crippen molar-refractivity contribution in [2.24, 2.45) is 0 Å². The Labute approximate surface area is 72.9 Å². The first kappa shape index (κ1) is 11.4. The third-order valence-electron chi connectivity index (χ3n) is 1.61. The number of ether oxygens (including phenoxy) is 1. The molecule has 0 heterocycles. The first-order valence-electron chi connectivity index (χ1n) is 4.11. The van der Waals surface area contributed by atoms with Crippen LogP contribution in [0.3, 0.4) is 0 Å². The Hall–Kier alpha value is -0.610. The van der Waals surface area contributed by atoms with Crippen LogP contribution in [0.4, 0.5) is 0 Å². The molecule has 12 heavy (non-hydrogen) atoms. The van der Waals surface area contributed by atoms with E-state index in [2.05, 4.69) is 10.1 Å². The van der Waals surface area contributed by atoms with E-state index in [9.17, 15) is 4.79 Å². The summed E-state index contributed by atoms with van der Waals surface area (Å²) in [5, 5.41) is 11.6. The van der Waals surface area contributed by atoms with Crippen LogP contribution >= 0.6 is 0 Å². The van der Waals surface area contributed by atoms with E-state index in [1.165, 1.54) is 7.11 Å². The Morgan fingerprint density at radius 2 is 2.33 bits per heavy atom. The largest absolute Gasteiger partial charge is 0.469 e. The maximum absolute atomic E-state index is 10.6. The molecular formula is C8H17NO3. The molecule has 1 atom stereocenters. The van der Waals surface area contributed by atoms with Gasteiger partial charge in [0.2, 0.25) is 0 Å². The van der Waals surface area contributed by atoms with Gasteiger partial charge in [-0.15, -0.1) is 0 Å². The summed E-state index contributed by atoms with van der Waals surface area (Å²) in [6.45, 7) is 2.74. The summed E-state index contributed by atoms with van der Waals surface area (Å²) in [6, 6.07) is 0.250. The Morgan fingerprint density at radius 1 is 1.67 bits per heavy atom. The topological polar surface area (TPSA) is 58.6 Å². The molecule has 0 spiro atoms. The number of carbonyl (C=O) groups excluding carboxylic acids is 1. The first-order valence-corrected chi connectivity index (χ1v) is 4.11. The minimum atomic E-state index is -0.210. The molecule has 0 aliphatic carbocycles. The number of methoxy groups -OCH3 is 1. The van der Waals surface area contributed by atoms with Crippen LogP contribution in [0.15, 0.2) is 0 Å². The molecule has 0 aliphatic heterocycles. The quantitative estimate of drug-likeness (QED) is 0.554. The molecule has 0 saturated heterocycles. The number of nitrogens with one attached hydrogen (secondary N) is 1. The van der Waals surface area contributed by atoms with Gasteiger partial charge in [-0.2, -0.15) is 0 Å². The summed E-state index contributed by atoms with van der Waals surface area (Å²) < 4.78 is 4.46. The van der Waals surface area contributed by atoms with Gasteiger partial charge in [0.15, 0.2) is 0 Å². The summed E-state index contributed by atoms with van der Waals surface area (Å²) >= 11 is 0. The van der Waals surface area contributed by atoms with Gasteiger partial charge in [0.25, 0.3) is 0 Å². The molecule has 72 valence electrons. The SMILES string of the molecule is COC(=O)CCNC(C)CCO. The van der Waals surface area contributed by atoms with E-state index in [0.29, 0.717) is 19.4 Å². The summed E-state index contributed by atoms with van der Waals surface area (Å²) in [7, 11) is 1.37. The molecule has 0 fully saturated rings.